The van der Waals surface area contributed by atoms with E-state index in [1.165, 1.54) is 21.1 Å². The zero-order valence-electron chi connectivity index (χ0n) is 36.2. The van der Waals surface area contributed by atoms with Crippen LogP contribution in [0.5, 0.6) is 11.5 Å². The zero-order chi connectivity index (χ0) is 45.6. The molecular formula is C45H55F3N6O8S2. The van der Waals surface area contributed by atoms with Crippen molar-refractivity contribution < 1.29 is 50.2 Å². The second kappa shape index (κ2) is 18.2. The number of sulfonamides is 1. The van der Waals surface area contributed by atoms with Gasteiger partial charge in [0.05, 0.1) is 36.0 Å². The number of allylic oxidation sites excluding steroid dienone is 1. The standard InChI is InChI=1S/C45H55F3N6O8S2/c1-26(2)36-25-63-41(50-36)35-22-38(33-14-11-30(61-3)20-34(33)49-35)62-31-21-37-40(56)51-44(43(58)52-64(59,60)32-12-13-32)23-29(44)10-8-6-4-5-7-9-27(42(57)54(37)24-31)19-39(55)53-17-15-28(16-18-53)45(46,47)48/h8,10-11,14,20,22,25-29,31-32,37H,4-7,9,12-13,15-19,21,23-24H2,1-3H3,(H,51,56)(H,52,58)/t27-,29-,31-,37+,44-/m1/s1. The van der Waals surface area contributed by atoms with Crippen LogP contribution in [0.4, 0.5) is 13.2 Å². The molecule has 0 unspecified atom stereocenters. The molecule has 346 valence electrons. The Balaban J connectivity index is 1.11. The number of pyridine rings is 1. The van der Waals surface area contributed by atoms with Gasteiger partial charge in [0.25, 0.3) is 5.91 Å². The van der Waals surface area contributed by atoms with Crippen LogP contribution in [0, 0.1) is 17.8 Å². The number of halogens is 3. The normalized spacial score (nSPS) is 26.2. The van der Waals surface area contributed by atoms with E-state index in [4.69, 9.17) is 19.4 Å². The third-order valence-electron chi connectivity index (χ3n) is 13.3. The fourth-order valence-electron chi connectivity index (χ4n) is 9.13. The van der Waals surface area contributed by atoms with Crippen molar-refractivity contribution in [2.24, 2.45) is 17.8 Å². The molecule has 2 aliphatic carbocycles. The first-order chi connectivity index (χ1) is 30.5. The number of carbonyl (C=O) groups is 4. The molecule has 2 aromatic heterocycles. The number of hydrogen-bond donors (Lipinski definition) is 2. The van der Waals surface area contributed by atoms with E-state index >= 15 is 0 Å². The summed E-state index contributed by atoms with van der Waals surface area (Å²) in [5, 5.41) is 5.50. The molecule has 19 heteroatoms. The zero-order valence-corrected chi connectivity index (χ0v) is 37.8. The number of hydrogen-bond acceptors (Lipinski definition) is 11. The summed E-state index contributed by atoms with van der Waals surface area (Å²) in [7, 11) is -2.40. The lowest BCUT2D eigenvalue weighted by Crippen LogP contribution is -2.57. The molecule has 2 saturated carbocycles. The molecule has 3 aromatic rings. The van der Waals surface area contributed by atoms with Gasteiger partial charge in [-0.2, -0.15) is 13.2 Å². The van der Waals surface area contributed by atoms with Crippen LogP contribution in [-0.4, -0.2) is 108 Å². The van der Waals surface area contributed by atoms with Gasteiger partial charge < -0.3 is 24.6 Å². The lowest BCUT2D eigenvalue weighted by molar-refractivity contribution is -0.186. The quantitative estimate of drug-likeness (QED) is 0.210. The molecule has 2 saturated heterocycles. The molecule has 5 heterocycles. The van der Waals surface area contributed by atoms with Gasteiger partial charge in [-0.15, -0.1) is 11.3 Å². The molecule has 64 heavy (non-hydrogen) atoms. The SMILES string of the molecule is COc1ccc2c(O[C@@H]3C[C@H]4C(=O)N[C@]5(C(=O)NS(=O)(=O)C6CC6)C[C@H]5C=CCCCCC[C@H](CC(=O)N5CCC(C(F)(F)F)CC5)C(=O)N4C3)cc(-c3nc(C(C)C)cs3)nc2c1. The molecule has 14 nitrogen and oxygen atoms in total. The predicted octanol–water partition coefficient (Wildman–Crippen LogP) is 6.65. The average molecular weight is 929 g/mol. The van der Waals surface area contributed by atoms with Crippen molar-refractivity contribution in [2.75, 3.05) is 26.7 Å². The molecule has 1 aromatic carbocycles. The van der Waals surface area contributed by atoms with Crippen molar-refractivity contribution in [1.82, 2.24) is 29.8 Å². The minimum Gasteiger partial charge on any atom is -0.497 e. The second-order valence-electron chi connectivity index (χ2n) is 18.2. The highest BCUT2D eigenvalue weighted by Crippen LogP contribution is 2.46. The Morgan fingerprint density at radius 3 is 2.50 bits per heavy atom. The Bertz CT molecular complexity index is 2410. The minimum atomic E-state index is -4.35. The van der Waals surface area contributed by atoms with Crippen molar-refractivity contribution in [3.8, 4) is 22.2 Å². The summed E-state index contributed by atoms with van der Waals surface area (Å²) in [6.45, 7) is 3.88. The average Bonchev–Trinajstić information content (AvgIpc) is 4.13. The highest BCUT2D eigenvalue weighted by atomic mass is 32.2. The van der Waals surface area contributed by atoms with Crippen LogP contribution in [0.25, 0.3) is 21.6 Å². The first-order valence-electron chi connectivity index (χ1n) is 22.3. The maximum atomic E-state index is 14.9. The van der Waals surface area contributed by atoms with Gasteiger partial charge in [0.1, 0.15) is 39.9 Å². The summed E-state index contributed by atoms with van der Waals surface area (Å²) in [4.78, 5) is 69.8. The van der Waals surface area contributed by atoms with E-state index in [-0.39, 0.29) is 57.7 Å². The molecule has 8 rings (SSSR count). The van der Waals surface area contributed by atoms with E-state index in [1.54, 1.807) is 25.3 Å². The topological polar surface area (TPSA) is 177 Å². The highest BCUT2D eigenvalue weighted by molar-refractivity contribution is 7.91. The number of nitrogens with one attached hydrogen (secondary N) is 2. The Kier molecular flexibility index (Phi) is 13.0. The maximum absolute atomic E-state index is 14.9. The Hall–Kier alpha value is -4.78. The molecular weight excluding hydrogens is 874 g/mol. The summed E-state index contributed by atoms with van der Waals surface area (Å²) >= 11 is 1.44. The number of aromatic nitrogens is 2. The van der Waals surface area contributed by atoms with E-state index < -0.39 is 80.5 Å². The first-order valence-corrected chi connectivity index (χ1v) is 24.7. The van der Waals surface area contributed by atoms with E-state index in [1.807, 2.05) is 37.4 Å². The number of amides is 4. The second-order valence-corrected chi connectivity index (χ2v) is 21.0. The Morgan fingerprint density at radius 2 is 1.81 bits per heavy atom. The van der Waals surface area contributed by atoms with E-state index in [0.29, 0.717) is 71.6 Å². The van der Waals surface area contributed by atoms with Gasteiger partial charge >= 0.3 is 6.18 Å². The third kappa shape index (κ3) is 9.89. The number of alkyl halides is 3. The van der Waals surface area contributed by atoms with Gasteiger partial charge in [-0.1, -0.05) is 38.8 Å². The van der Waals surface area contributed by atoms with Crippen LogP contribution < -0.4 is 19.5 Å². The van der Waals surface area contributed by atoms with E-state index in [9.17, 15) is 40.8 Å². The first kappa shape index (κ1) is 45.8. The van der Waals surface area contributed by atoms with Gasteiger partial charge in [0, 0.05) is 60.7 Å². The van der Waals surface area contributed by atoms with Gasteiger partial charge in [0.15, 0.2) is 0 Å². The fraction of sp³-hybridized carbons (Fsp3) is 0.600. The molecule has 2 N–H and O–H groups in total. The Morgan fingerprint density at radius 1 is 1.05 bits per heavy atom. The number of carbonyl (C=O) groups excluding carboxylic acids is 4. The summed E-state index contributed by atoms with van der Waals surface area (Å²) in [6.07, 6.45) is 1.96. The number of methoxy groups -OCH3 is 1. The summed E-state index contributed by atoms with van der Waals surface area (Å²) < 4.78 is 80.9. The van der Waals surface area contributed by atoms with Crippen molar-refractivity contribution in [3.63, 3.8) is 0 Å². The van der Waals surface area contributed by atoms with Crippen molar-refractivity contribution in [3.05, 3.63) is 47.5 Å². The lowest BCUT2D eigenvalue weighted by atomic mass is 9.92. The summed E-state index contributed by atoms with van der Waals surface area (Å²) in [6, 6.07) is 5.96. The van der Waals surface area contributed by atoms with Crippen molar-refractivity contribution in [2.45, 2.75) is 126 Å². The lowest BCUT2D eigenvalue weighted by Gasteiger charge is -2.34. The number of piperidine rings is 1. The minimum absolute atomic E-state index is 0.00811. The number of thiazole rings is 1. The van der Waals surface area contributed by atoms with E-state index in [2.05, 4.69) is 10.0 Å². The van der Waals surface area contributed by atoms with Crippen LogP contribution in [0.2, 0.25) is 0 Å². The largest absolute Gasteiger partial charge is 0.497 e. The molecule has 5 atom stereocenters. The van der Waals surface area contributed by atoms with Crippen molar-refractivity contribution >= 4 is 55.9 Å². The monoisotopic (exact) mass is 928 g/mol. The third-order valence-corrected chi connectivity index (χ3v) is 16.0. The summed E-state index contributed by atoms with van der Waals surface area (Å²) in [5.74, 6) is -4.09. The number of ether oxygens (including phenoxy) is 2. The fourth-order valence-corrected chi connectivity index (χ4v) is 11.4. The molecule has 0 spiro atoms. The van der Waals surface area contributed by atoms with Crippen LogP contribution in [0.3, 0.4) is 0 Å². The smallest absolute Gasteiger partial charge is 0.391 e. The summed E-state index contributed by atoms with van der Waals surface area (Å²) in [5.41, 5.74) is 0.450. The van der Waals surface area contributed by atoms with Crippen molar-refractivity contribution in [1.29, 1.82) is 0 Å². The van der Waals surface area contributed by atoms with Crippen LogP contribution in [0.15, 0.2) is 41.8 Å². The number of nitrogens with zero attached hydrogens (tertiary/aromatic N) is 4. The number of benzene rings is 1. The molecule has 0 bridgehead atoms. The van der Waals surface area contributed by atoms with Gasteiger partial charge in [0.2, 0.25) is 27.7 Å². The number of rotatable bonds is 10. The molecule has 4 amide bonds. The number of fused-ring (bicyclic) bond motifs is 3. The molecule has 0 radical (unpaired) electrons. The van der Waals surface area contributed by atoms with E-state index in [0.717, 1.165) is 12.1 Å². The van der Waals surface area contributed by atoms with Gasteiger partial charge in [-0.3, -0.25) is 23.9 Å². The highest BCUT2D eigenvalue weighted by Gasteiger charge is 2.62. The Labute approximate surface area is 374 Å². The van der Waals surface area contributed by atoms with Crippen LogP contribution in [0.1, 0.15) is 103 Å². The maximum Gasteiger partial charge on any atom is 0.391 e. The van der Waals surface area contributed by atoms with Gasteiger partial charge in [-0.25, -0.2) is 18.4 Å². The number of likely N-dealkylation sites (tertiary alicyclic amines) is 1. The van der Waals surface area contributed by atoms with Crippen LogP contribution in [-0.2, 0) is 29.2 Å². The van der Waals surface area contributed by atoms with Gasteiger partial charge in [-0.05, 0) is 69.4 Å². The molecule has 3 aliphatic heterocycles. The molecule has 4 fully saturated rings. The predicted molar refractivity (Wildman–Crippen MR) is 233 cm³/mol. The van der Waals surface area contributed by atoms with Crippen LogP contribution >= 0.6 is 11.3 Å². The molecule has 5 aliphatic rings.